The third kappa shape index (κ3) is 18.3. The molecule has 0 aromatic heterocycles. The van der Waals surface area contributed by atoms with Crippen molar-refractivity contribution in [1.82, 2.24) is 0 Å². The van der Waals surface area contributed by atoms with E-state index >= 15 is 0 Å². The Labute approximate surface area is 96.1 Å². The largest absolute Gasteiger partial charge is 2.00 e. The van der Waals surface area contributed by atoms with Crippen LogP contribution in [0.1, 0.15) is 2.85 Å². The van der Waals surface area contributed by atoms with Gasteiger partial charge in [-0.25, -0.2) is 3.87 Å². The van der Waals surface area contributed by atoms with Crippen molar-refractivity contribution in [3.63, 3.8) is 0 Å². The van der Waals surface area contributed by atoms with E-state index in [0.29, 0.717) is 0 Å². The Kier molecular flexibility index (Phi) is 9.47. The third-order valence-corrected chi connectivity index (χ3v) is 1.95. The summed E-state index contributed by atoms with van der Waals surface area (Å²) in [6, 6.07) is 0. The second kappa shape index (κ2) is 5.77. The van der Waals surface area contributed by atoms with Gasteiger partial charge in [0.25, 0.3) is 0 Å². The average molecular weight is 236 g/mol. The van der Waals surface area contributed by atoms with Crippen molar-refractivity contribution >= 4 is 57.2 Å². The van der Waals surface area contributed by atoms with Gasteiger partial charge >= 0.3 is 57.2 Å². The zero-order valence-corrected chi connectivity index (χ0v) is 9.15. The van der Waals surface area contributed by atoms with E-state index in [9.17, 15) is 8.42 Å². The van der Waals surface area contributed by atoms with Crippen LogP contribution in [0.25, 0.3) is 0 Å². The summed E-state index contributed by atoms with van der Waals surface area (Å²) in [5.74, 6) is 0. The van der Waals surface area contributed by atoms with Crippen molar-refractivity contribution in [2.24, 2.45) is 0 Å². The Bertz CT molecular complexity index is 183. The molecule has 0 bridgehead atoms. The van der Waals surface area contributed by atoms with Crippen molar-refractivity contribution in [1.29, 1.82) is 0 Å². The quantitative estimate of drug-likeness (QED) is 0.283. The standard InChI is InChI=1S/Ca.H4O7SSi.H2O.2H/c;1-8(2,3)7-9(4,5)6;;;/h;4-6H,(H,1,2,3);1H2;;/q+2;;;2*-1. The van der Waals surface area contributed by atoms with Crippen molar-refractivity contribution in [3.05, 3.63) is 0 Å². The fraction of sp³-hybridized carbons (Fsp3) is 0. The maximum atomic E-state index is 9.53. The molecule has 11 heavy (non-hydrogen) atoms. The second-order valence-electron chi connectivity index (χ2n) is 1.08. The molecule has 68 valence electrons. The third-order valence-electron chi connectivity index (χ3n) is 0.217. The molecule has 0 atom stereocenters. The summed E-state index contributed by atoms with van der Waals surface area (Å²) >= 11 is 0. The first kappa shape index (κ1) is 18.1. The SMILES string of the molecule is O.O=S(=O)(O)O[Si](O)(O)O.[Ca+2].[H-].[H-]. The van der Waals surface area contributed by atoms with E-state index < -0.39 is 19.4 Å². The van der Waals surface area contributed by atoms with Crippen molar-refractivity contribution in [2.45, 2.75) is 0 Å². The molecule has 0 radical (unpaired) electrons. The van der Waals surface area contributed by atoms with Crippen LogP contribution in [0.3, 0.4) is 0 Å². The maximum absolute atomic E-state index is 9.53. The van der Waals surface area contributed by atoms with E-state index in [-0.39, 0.29) is 46.1 Å². The van der Waals surface area contributed by atoms with Gasteiger partial charge in [-0.15, -0.1) is 0 Å². The van der Waals surface area contributed by atoms with Gasteiger partial charge in [-0.3, -0.25) is 4.55 Å². The van der Waals surface area contributed by atoms with E-state index in [1.165, 1.54) is 0 Å². The topological polar surface area (TPSA) is 156 Å². The summed E-state index contributed by atoms with van der Waals surface area (Å²) < 4.78 is 29.7. The fourth-order valence-electron chi connectivity index (χ4n) is 0.141. The molecule has 8 nitrogen and oxygen atoms in total. The summed E-state index contributed by atoms with van der Waals surface area (Å²) in [5.41, 5.74) is 0. The van der Waals surface area contributed by atoms with E-state index in [4.69, 9.17) is 18.9 Å². The molecule has 0 aromatic carbocycles. The molecular formula is H8CaO8SSi. The van der Waals surface area contributed by atoms with Crippen LogP contribution in [0.4, 0.5) is 0 Å². The van der Waals surface area contributed by atoms with Crippen LogP contribution in [0.2, 0.25) is 0 Å². The first-order valence-corrected chi connectivity index (χ1v) is 4.67. The molecule has 0 saturated heterocycles. The van der Waals surface area contributed by atoms with Crippen LogP contribution in [0.5, 0.6) is 0 Å². The van der Waals surface area contributed by atoms with Gasteiger partial charge in [0, 0.05) is 0 Å². The summed E-state index contributed by atoms with van der Waals surface area (Å²) in [6.07, 6.45) is 0. The Balaban J connectivity index is -0.0000000533. The minimum absolute atomic E-state index is 0. The van der Waals surface area contributed by atoms with Crippen molar-refractivity contribution in [2.75, 3.05) is 0 Å². The van der Waals surface area contributed by atoms with Crippen molar-refractivity contribution in [3.8, 4) is 0 Å². The predicted molar refractivity (Wildman–Crippen MR) is 36.6 cm³/mol. The van der Waals surface area contributed by atoms with Gasteiger partial charge in [-0.05, 0) is 0 Å². The van der Waals surface area contributed by atoms with Gasteiger partial charge in [0.1, 0.15) is 0 Å². The predicted octanol–water partition coefficient (Wildman–Crippen LogP) is -3.76. The van der Waals surface area contributed by atoms with Gasteiger partial charge in [0.05, 0.1) is 0 Å². The van der Waals surface area contributed by atoms with Gasteiger partial charge in [0.15, 0.2) is 0 Å². The molecule has 0 aliphatic heterocycles. The van der Waals surface area contributed by atoms with Gasteiger partial charge < -0.3 is 22.7 Å². The van der Waals surface area contributed by atoms with Crippen LogP contribution in [-0.4, -0.2) is 79.6 Å². The maximum Gasteiger partial charge on any atom is 2.00 e. The minimum Gasteiger partial charge on any atom is -1.00 e. The average Bonchev–Trinajstić information content (AvgIpc) is 1.14. The van der Waals surface area contributed by atoms with Crippen LogP contribution in [0.15, 0.2) is 0 Å². The summed E-state index contributed by atoms with van der Waals surface area (Å²) in [4.78, 5) is 23.5. The molecule has 0 heterocycles. The van der Waals surface area contributed by atoms with Crippen LogP contribution in [-0.2, 0) is 14.3 Å². The molecule has 0 aliphatic carbocycles. The Morgan fingerprint density at radius 1 is 1.27 bits per heavy atom. The first-order chi connectivity index (χ1) is 3.71. The number of hydrogen-bond acceptors (Lipinski definition) is 6. The molecule has 11 heteroatoms. The summed E-state index contributed by atoms with van der Waals surface area (Å²) in [7, 11) is -10.1. The Morgan fingerprint density at radius 2 is 1.55 bits per heavy atom. The number of rotatable bonds is 2. The molecule has 0 amide bonds. The molecule has 0 spiro atoms. The molecule has 0 rings (SSSR count). The van der Waals surface area contributed by atoms with Gasteiger partial charge in [-0.2, -0.15) is 8.42 Å². The van der Waals surface area contributed by atoms with E-state index in [1.54, 1.807) is 0 Å². The van der Waals surface area contributed by atoms with Crippen molar-refractivity contribution < 1.29 is 39.6 Å². The minimum atomic E-state index is -5.13. The van der Waals surface area contributed by atoms with Crippen LogP contribution < -0.4 is 0 Å². The molecule has 0 unspecified atom stereocenters. The number of hydrogen-bond donors (Lipinski definition) is 4. The summed E-state index contributed by atoms with van der Waals surface area (Å²) in [6.45, 7) is 0. The summed E-state index contributed by atoms with van der Waals surface area (Å²) in [5, 5.41) is 0. The monoisotopic (exact) mass is 236 g/mol. The van der Waals surface area contributed by atoms with Gasteiger partial charge in [-0.1, -0.05) is 0 Å². The molecule has 0 aliphatic rings. The molecular weight excluding hydrogens is 228 g/mol. The molecule has 0 fully saturated rings. The zero-order valence-electron chi connectivity index (χ0n) is 7.13. The van der Waals surface area contributed by atoms with E-state index in [2.05, 4.69) is 3.87 Å². The van der Waals surface area contributed by atoms with Crippen LogP contribution >= 0.6 is 0 Å². The molecule has 0 aromatic rings. The Morgan fingerprint density at radius 3 is 1.55 bits per heavy atom. The second-order valence-corrected chi connectivity index (χ2v) is 3.75. The first-order valence-electron chi connectivity index (χ1n) is 1.56. The van der Waals surface area contributed by atoms with Crippen LogP contribution in [0, 0.1) is 0 Å². The van der Waals surface area contributed by atoms with E-state index in [1.807, 2.05) is 0 Å². The normalized spacial score (nSPS) is 11.3. The zero-order chi connectivity index (χ0) is 7.71. The molecule has 6 N–H and O–H groups in total. The molecule has 0 saturated carbocycles. The van der Waals surface area contributed by atoms with E-state index in [0.717, 1.165) is 0 Å². The fourth-order valence-corrected chi connectivity index (χ4v) is 1.27. The Hall–Kier alpha value is 1.19. The smallest absolute Gasteiger partial charge is 1.00 e. The van der Waals surface area contributed by atoms with Gasteiger partial charge in [0.2, 0.25) is 0 Å².